The predicted octanol–water partition coefficient (Wildman–Crippen LogP) is 3.30. The van der Waals surface area contributed by atoms with Crippen LogP contribution in [0.1, 0.15) is 56.4 Å². The third kappa shape index (κ3) is 3.07. The molecular weight excluding hydrogens is 404 g/mol. The Hall–Kier alpha value is -0.760. The zero-order valence-electron chi connectivity index (χ0n) is 17.5. The topological polar surface area (TPSA) is 57.7 Å². The molecule has 5 rings (SSSR count). The fourth-order valence-electron chi connectivity index (χ4n) is 6.58. The first-order chi connectivity index (χ1) is 13.7. The highest BCUT2D eigenvalue weighted by Gasteiger charge is 2.65. The monoisotopic (exact) mass is 436 g/mol. The summed E-state index contributed by atoms with van der Waals surface area (Å²) in [5.74, 6) is 0.573. The van der Waals surface area contributed by atoms with Crippen molar-refractivity contribution in [1.82, 2.24) is 9.21 Å². The third-order valence-electron chi connectivity index (χ3n) is 8.74. The lowest BCUT2D eigenvalue weighted by Gasteiger charge is -2.41. The van der Waals surface area contributed by atoms with Crippen LogP contribution in [0, 0.1) is 16.7 Å². The summed E-state index contributed by atoms with van der Waals surface area (Å²) < 4.78 is 28.3. The van der Waals surface area contributed by atoms with Crippen LogP contribution in [0.5, 0.6) is 0 Å². The molecule has 1 aromatic rings. The van der Waals surface area contributed by atoms with Gasteiger partial charge in [-0.3, -0.25) is 9.69 Å². The lowest BCUT2D eigenvalue weighted by Crippen LogP contribution is -2.51. The number of piperidine rings is 1. The number of Topliss-reactive ketones (excluding diaryl/α,β-unsaturated/α-hetero) is 1. The standard InChI is InChI=1S/C22H32N2O3S2/c1-21(2)17-3-8-22(21,20(25)13-17)15-29(26,27)24-10-4-18(5-11-24)23-9-6-19-16(14-23)7-12-28-19/h7,12,17-18H,3-6,8-11,13-15H2,1-2H3. The van der Waals surface area contributed by atoms with E-state index < -0.39 is 15.4 Å². The summed E-state index contributed by atoms with van der Waals surface area (Å²) in [5, 5.41) is 2.18. The minimum Gasteiger partial charge on any atom is -0.299 e. The van der Waals surface area contributed by atoms with Gasteiger partial charge in [0.15, 0.2) is 0 Å². The molecule has 2 aliphatic heterocycles. The Balaban J connectivity index is 1.24. The first-order valence-corrected chi connectivity index (χ1v) is 13.5. The van der Waals surface area contributed by atoms with Crippen molar-refractivity contribution in [2.75, 3.05) is 25.4 Å². The zero-order valence-corrected chi connectivity index (χ0v) is 19.2. The summed E-state index contributed by atoms with van der Waals surface area (Å²) in [7, 11) is -3.41. The van der Waals surface area contributed by atoms with Crippen molar-refractivity contribution < 1.29 is 13.2 Å². The molecular formula is C22H32N2O3S2. The van der Waals surface area contributed by atoms with Gasteiger partial charge in [0.05, 0.1) is 5.75 Å². The molecule has 1 saturated heterocycles. The van der Waals surface area contributed by atoms with Gasteiger partial charge in [-0.25, -0.2) is 12.7 Å². The number of thiophene rings is 1. The van der Waals surface area contributed by atoms with E-state index in [4.69, 9.17) is 0 Å². The molecule has 1 aromatic heterocycles. The van der Waals surface area contributed by atoms with Gasteiger partial charge in [0.1, 0.15) is 5.78 Å². The average molecular weight is 437 g/mol. The molecule has 2 saturated carbocycles. The quantitative estimate of drug-likeness (QED) is 0.727. The van der Waals surface area contributed by atoms with Gasteiger partial charge >= 0.3 is 0 Å². The Bertz CT molecular complexity index is 914. The molecule has 0 spiro atoms. The Morgan fingerprint density at radius 1 is 1.17 bits per heavy atom. The number of carbonyl (C=O) groups excluding carboxylic acids is 1. The van der Waals surface area contributed by atoms with E-state index in [1.807, 2.05) is 11.3 Å². The number of hydrogen-bond acceptors (Lipinski definition) is 5. The minimum atomic E-state index is -3.41. The van der Waals surface area contributed by atoms with Gasteiger partial charge in [-0.15, -0.1) is 11.3 Å². The fourth-order valence-corrected chi connectivity index (χ4v) is 9.72. The summed E-state index contributed by atoms with van der Waals surface area (Å²) in [6.07, 6.45) is 5.22. The average Bonchev–Trinajstić information content (AvgIpc) is 3.30. The largest absolute Gasteiger partial charge is 0.299 e. The second kappa shape index (κ2) is 6.87. The van der Waals surface area contributed by atoms with Gasteiger partial charge in [-0.1, -0.05) is 13.8 Å². The molecule has 2 aliphatic carbocycles. The van der Waals surface area contributed by atoms with Crippen LogP contribution in [-0.2, 0) is 27.8 Å². The Kier molecular flexibility index (Phi) is 4.78. The first-order valence-electron chi connectivity index (χ1n) is 11.0. The predicted molar refractivity (Wildman–Crippen MR) is 115 cm³/mol. The van der Waals surface area contributed by atoms with Gasteiger partial charge in [-0.05, 0) is 60.4 Å². The maximum atomic E-state index is 13.3. The van der Waals surface area contributed by atoms with Crippen LogP contribution < -0.4 is 0 Å². The maximum Gasteiger partial charge on any atom is 0.215 e. The summed E-state index contributed by atoms with van der Waals surface area (Å²) in [4.78, 5) is 16.8. The molecule has 3 heterocycles. The molecule has 29 heavy (non-hydrogen) atoms. The van der Waals surface area contributed by atoms with E-state index >= 15 is 0 Å². The number of hydrogen-bond donors (Lipinski definition) is 0. The molecule has 4 aliphatic rings. The maximum absolute atomic E-state index is 13.3. The van der Waals surface area contributed by atoms with E-state index in [1.165, 1.54) is 10.4 Å². The summed E-state index contributed by atoms with van der Waals surface area (Å²) >= 11 is 1.86. The van der Waals surface area contributed by atoms with Crippen LogP contribution in [0.25, 0.3) is 0 Å². The van der Waals surface area contributed by atoms with E-state index in [2.05, 4.69) is 30.2 Å². The van der Waals surface area contributed by atoms with Gasteiger partial charge in [0.2, 0.25) is 10.0 Å². The molecule has 2 unspecified atom stereocenters. The lowest BCUT2D eigenvalue weighted by molar-refractivity contribution is -0.128. The molecule has 5 nitrogen and oxygen atoms in total. The summed E-state index contributed by atoms with van der Waals surface area (Å²) in [6.45, 7) is 7.50. The molecule has 0 radical (unpaired) electrons. The highest BCUT2D eigenvalue weighted by molar-refractivity contribution is 7.89. The Morgan fingerprint density at radius 2 is 1.93 bits per heavy atom. The van der Waals surface area contributed by atoms with Crippen molar-refractivity contribution in [2.45, 2.75) is 65.0 Å². The second-order valence-corrected chi connectivity index (χ2v) is 13.1. The number of fused-ring (bicyclic) bond motifs is 3. The Morgan fingerprint density at radius 3 is 2.59 bits per heavy atom. The lowest BCUT2D eigenvalue weighted by atomic mass is 9.70. The van der Waals surface area contributed by atoms with Crippen molar-refractivity contribution in [3.63, 3.8) is 0 Å². The Labute approximate surface area is 178 Å². The van der Waals surface area contributed by atoms with Crippen molar-refractivity contribution in [3.8, 4) is 0 Å². The van der Waals surface area contributed by atoms with Crippen LogP contribution >= 0.6 is 11.3 Å². The molecule has 2 atom stereocenters. The van der Waals surface area contributed by atoms with E-state index in [9.17, 15) is 13.2 Å². The summed E-state index contributed by atoms with van der Waals surface area (Å²) in [5.41, 5.74) is 0.602. The van der Waals surface area contributed by atoms with Crippen LogP contribution in [0.4, 0.5) is 0 Å². The minimum absolute atomic E-state index is 0.0228. The first kappa shape index (κ1) is 20.2. The second-order valence-electron chi connectivity index (χ2n) is 10.1. The third-order valence-corrected chi connectivity index (χ3v) is 11.8. The van der Waals surface area contributed by atoms with Crippen molar-refractivity contribution >= 4 is 27.1 Å². The van der Waals surface area contributed by atoms with Crippen molar-refractivity contribution in [1.29, 1.82) is 0 Å². The molecule has 160 valence electrons. The van der Waals surface area contributed by atoms with Gasteiger partial charge in [0.25, 0.3) is 0 Å². The number of sulfonamides is 1. The van der Waals surface area contributed by atoms with E-state index in [0.29, 0.717) is 31.5 Å². The van der Waals surface area contributed by atoms with Crippen LogP contribution in [0.3, 0.4) is 0 Å². The van der Waals surface area contributed by atoms with Gasteiger partial charge in [0, 0.05) is 48.9 Å². The molecule has 0 N–H and O–H groups in total. The normalized spacial score (nSPS) is 33.3. The highest BCUT2D eigenvalue weighted by atomic mass is 32.2. The van der Waals surface area contributed by atoms with Crippen LogP contribution in [0.15, 0.2) is 11.4 Å². The number of nitrogens with zero attached hydrogens (tertiary/aromatic N) is 2. The summed E-state index contributed by atoms with van der Waals surface area (Å²) in [6, 6.07) is 2.70. The van der Waals surface area contributed by atoms with Crippen LogP contribution in [-0.4, -0.2) is 54.8 Å². The number of ketones is 1. The fraction of sp³-hybridized carbons (Fsp3) is 0.773. The van der Waals surface area contributed by atoms with E-state index in [-0.39, 0.29) is 17.0 Å². The molecule has 3 fully saturated rings. The van der Waals surface area contributed by atoms with Crippen LogP contribution in [0.2, 0.25) is 0 Å². The molecule has 0 aromatic carbocycles. The SMILES string of the molecule is CC1(C)C2CCC1(CS(=O)(=O)N1CCC(N3CCc4sccc4C3)CC1)C(=O)C2. The number of rotatable bonds is 4. The highest BCUT2D eigenvalue weighted by Crippen LogP contribution is 2.64. The van der Waals surface area contributed by atoms with Crippen molar-refractivity contribution in [2.24, 2.45) is 16.7 Å². The van der Waals surface area contributed by atoms with E-state index in [0.717, 1.165) is 45.2 Å². The van der Waals surface area contributed by atoms with Gasteiger partial charge in [-0.2, -0.15) is 0 Å². The van der Waals surface area contributed by atoms with Crippen molar-refractivity contribution in [3.05, 3.63) is 21.9 Å². The molecule has 7 heteroatoms. The smallest absolute Gasteiger partial charge is 0.215 e. The molecule has 2 bridgehead atoms. The zero-order chi connectivity index (χ0) is 20.4. The van der Waals surface area contributed by atoms with Gasteiger partial charge < -0.3 is 0 Å². The number of carbonyl (C=O) groups is 1. The molecule has 0 amide bonds. The van der Waals surface area contributed by atoms with E-state index in [1.54, 1.807) is 4.31 Å².